The molecule has 2 aromatic carbocycles. The number of anilines is 1. The third-order valence-electron chi connectivity index (χ3n) is 5.85. The summed E-state index contributed by atoms with van der Waals surface area (Å²) in [6, 6.07) is 17.2. The SMILES string of the molecule is C[C@H](C(=O)Nc1ccc(Cl)cc1)[C@H]1CC[C@H](Oc2ccnc3ccccc23)CC1. The molecule has 1 fully saturated rings. The number of fused-ring (bicyclic) bond motifs is 1. The van der Waals surface area contributed by atoms with E-state index < -0.39 is 0 Å². The molecule has 1 saturated carbocycles. The second-order valence-electron chi connectivity index (χ2n) is 7.77. The standard InChI is InChI=1S/C24H25ClN2O2/c1-16(24(28)27-19-10-8-18(25)9-11-19)17-6-12-20(13-7-17)29-23-14-15-26-22-5-3-2-4-21(22)23/h2-5,8-11,14-17,20H,6-7,12-13H2,1H3,(H,27,28)/t16-,17-,20-/m0/s1. The third-order valence-corrected chi connectivity index (χ3v) is 6.11. The molecule has 29 heavy (non-hydrogen) atoms. The average molecular weight is 409 g/mol. The number of amides is 1. The lowest BCUT2D eigenvalue weighted by Crippen LogP contribution is -2.32. The number of rotatable bonds is 5. The van der Waals surface area contributed by atoms with Crippen LogP contribution in [0.1, 0.15) is 32.6 Å². The highest BCUT2D eigenvalue weighted by Gasteiger charge is 2.30. The van der Waals surface area contributed by atoms with Crippen LogP contribution in [0.5, 0.6) is 5.75 Å². The molecule has 4 nitrogen and oxygen atoms in total. The largest absolute Gasteiger partial charge is 0.490 e. The highest BCUT2D eigenvalue weighted by atomic mass is 35.5. The van der Waals surface area contributed by atoms with Crippen LogP contribution in [0.2, 0.25) is 5.02 Å². The minimum Gasteiger partial charge on any atom is -0.490 e. The summed E-state index contributed by atoms with van der Waals surface area (Å²) < 4.78 is 6.31. The maximum atomic E-state index is 12.6. The molecule has 1 aliphatic rings. The lowest BCUT2D eigenvalue weighted by molar-refractivity contribution is -0.121. The molecule has 0 bridgehead atoms. The first-order chi connectivity index (χ1) is 14.1. The quantitative estimate of drug-likeness (QED) is 0.554. The van der Waals surface area contributed by atoms with Gasteiger partial charge in [0, 0.05) is 28.2 Å². The number of benzene rings is 2. The molecule has 1 N–H and O–H groups in total. The van der Waals surface area contributed by atoms with E-state index in [2.05, 4.69) is 10.3 Å². The van der Waals surface area contributed by atoms with Crippen LogP contribution in [-0.4, -0.2) is 17.0 Å². The van der Waals surface area contributed by atoms with E-state index in [4.69, 9.17) is 16.3 Å². The number of aromatic nitrogens is 1. The topological polar surface area (TPSA) is 51.2 Å². The summed E-state index contributed by atoms with van der Waals surface area (Å²) in [7, 11) is 0. The van der Waals surface area contributed by atoms with E-state index in [1.54, 1.807) is 18.3 Å². The van der Waals surface area contributed by atoms with Crippen molar-refractivity contribution in [3.63, 3.8) is 0 Å². The maximum Gasteiger partial charge on any atom is 0.227 e. The van der Waals surface area contributed by atoms with Gasteiger partial charge in [0.2, 0.25) is 5.91 Å². The van der Waals surface area contributed by atoms with Gasteiger partial charge in [-0.3, -0.25) is 9.78 Å². The first kappa shape index (κ1) is 19.7. The molecule has 0 unspecified atom stereocenters. The fourth-order valence-corrected chi connectivity index (χ4v) is 4.19. The number of hydrogen-bond acceptors (Lipinski definition) is 3. The molecule has 0 radical (unpaired) electrons. The van der Waals surface area contributed by atoms with E-state index in [1.165, 1.54) is 0 Å². The monoisotopic (exact) mass is 408 g/mol. The summed E-state index contributed by atoms with van der Waals surface area (Å²) in [6.45, 7) is 2.02. The van der Waals surface area contributed by atoms with Gasteiger partial charge in [-0.25, -0.2) is 0 Å². The minimum absolute atomic E-state index is 0.0339. The highest BCUT2D eigenvalue weighted by molar-refractivity contribution is 6.30. The zero-order valence-electron chi connectivity index (χ0n) is 16.5. The van der Waals surface area contributed by atoms with Gasteiger partial charge in [0.1, 0.15) is 5.75 Å². The number of carbonyl (C=O) groups excluding carboxylic acids is 1. The first-order valence-electron chi connectivity index (χ1n) is 10.2. The summed E-state index contributed by atoms with van der Waals surface area (Å²) >= 11 is 5.91. The lowest BCUT2D eigenvalue weighted by atomic mass is 9.79. The number of pyridine rings is 1. The fourth-order valence-electron chi connectivity index (χ4n) is 4.06. The van der Waals surface area contributed by atoms with Crippen LogP contribution in [0.25, 0.3) is 10.9 Å². The van der Waals surface area contributed by atoms with E-state index >= 15 is 0 Å². The first-order valence-corrected chi connectivity index (χ1v) is 10.5. The normalized spacial score (nSPS) is 20.2. The Balaban J connectivity index is 1.32. The number of carbonyl (C=O) groups is 1. The van der Waals surface area contributed by atoms with Crippen molar-refractivity contribution in [1.29, 1.82) is 0 Å². The van der Waals surface area contributed by atoms with E-state index in [0.29, 0.717) is 10.9 Å². The Kier molecular flexibility index (Phi) is 6.00. The second kappa shape index (κ2) is 8.83. The Morgan fingerprint density at radius 2 is 1.79 bits per heavy atom. The summed E-state index contributed by atoms with van der Waals surface area (Å²) in [5.74, 6) is 1.30. The number of nitrogens with zero attached hydrogens (tertiary/aromatic N) is 1. The van der Waals surface area contributed by atoms with Crippen molar-refractivity contribution < 1.29 is 9.53 Å². The lowest BCUT2D eigenvalue weighted by Gasteiger charge is -2.32. The molecule has 1 amide bonds. The van der Waals surface area contributed by atoms with Crippen molar-refractivity contribution in [2.45, 2.75) is 38.7 Å². The smallest absolute Gasteiger partial charge is 0.227 e. The van der Waals surface area contributed by atoms with Gasteiger partial charge in [-0.1, -0.05) is 30.7 Å². The highest BCUT2D eigenvalue weighted by Crippen LogP contribution is 2.34. The van der Waals surface area contributed by atoms with Crippen molar-refractivity contribution in [2.24, 2.45) is 11.8 Å². The van der Waals surface area contributed by atoms with Crippen LogP contribution < -0.4 is 10.1 Å². The Hall–Kier alpha value is -2.59. The summed E-state index contributed by atoms with van der Waals surface area (Å²) in [5.41, 5.74) is 1.74. The summed E-state index contributed by atoms with van der Waals surface area (Å²) in [4.78, 5) is 17.0. The number of nitrogens with one attached hydrogen (secondary N) is 1. The average Bonchev–Trinajstić information content (AvgIpc) is 2.75. The Morgan fingerprint density at radius 3 is 2.55 bits per heavy atom. The molecule has 3 aromatic rings. The van der Waals surface area contributed by atoms with Crippen LogP contribution >= 0.6 is 11.6 Å². The van der Waals surface area contributed by atoms with E-state index in [1.807, 2.05) is 49.4 Å². The number of hydrogen-bond donors (Lipinski definition) is 1. The third kappa shape index (κ3) is 4.70. The van der Waals surface area contributed by atoms with Gasteiger partial charge in [-0.15, -0.1) is 0 Å². The van der Waals surface area contributed by atoms with Crippen molar-refractivity contribution >= 4 is 34.1 Å². The van der Waals surface area contributed by atoms with Crippen molar-refractivity contribution in [3.05, 3.63) is 65.8 Å². The Labute approximate surface area is 176 Å². The molecule has 4 rings (SSSR count). The predicted octanol–water partition coefficient (Wildman–Crippen LogP) is 6.10. The van der Waals surface area contributed by atoms with Crippen molar-refractivity contribution in [2.75, 3.05) is 5.32 Å². The molecule has 5 heteroatoms. The molecule has 1 heterocycles. The van der Waals surface area contributed by atoms with Gasteiger partial charge in [0.15, 0.2) is 0 Å². The molecule has 1 aromatic heterocycles. The Bertz CT molecular complexity index is 976. The molecule has 150 valence electrons. The molecule has 0 saturated heterocycles. The van der Waals surface area contributed by atoms with Crippen LogP contribution in [-0.2, 0) is 4.79 Å². The summed E-state index contributed by atoms with van der Waals surface area (Å²) in [6.07, 6.45) is 5.88. The molecular weight excluding hydrogens is 384 g/mol. The second-order valence-corrected chi connectivity index (χ2v) is 8.20. The van der Waals surface area contributed by atoms with Crippen LogP contribution in [0, 0.1) is 11.8 Å². The van der Waals surface area contributed by atoms with Crippen molar-refractivity contribution in [1.82, 2.24) is 4.98 Å². The van der Waals surface area contributed by atoms with E-state index in [0.717, 1.165) is 48.0 Å². The van der Waals surface area contributed by atoms with Crippen molar-refractivity contribution in [3.8, 4) is 5.75 Å². The van der Waals surface area contributed by atoms with Gasteiger partial charge in [0.25, 0.3) is 0 Å². The number of ether oxygens (including phenoxy) is 1. The summed E-state index contributed by atoms with van der Waals surface area (Å²) in [5, 5.41) is 4.71. The van der Waals surface area contributed by atoms with Gasteiger partial charge < -0.3 is 10.1 Å². The van der Waals surface area contributed by atoms with Gasteiger partial charge in [-0.2, -0.15) is 0 Å². The zero-order valence-corrected chi connectivity index (χ0v) is 17.2. The minimum atomic E-state index is -0.0339. The molecule has 1 atom stereocenters. The van der Waals surface area contributed by atoms with Gasteiger partial charge >= 0.3 is 0 Å². The maximum absolute atomic E-state index is 12.6. The molecule has 0 aliphatic heterocycles. The van der Waals surface area contributed by atoms with Crippen LogP contribution in [0.15, 0.2) is 60.8 Å². The van der Waals surface area contributed by atoms with Gasteiger partial charge in [-0.05, 0) is 74.1 Å². The predicted molar refractivity (Wildman–Crippen MR) is 117 cm³/mol. The fraction of sp³-hybridized carbons (Fsp3) is 0.333. The molecule has 0 spiro atoms. The van der Waals surface area contributed by atoms with Crippen LogP contribution in [0.3, 0.4) is 0 Å². The molecule has 1 aliphatic carbocycles. The van der Waals surface area contributed by atoms with E-state index in [-0.39, 0.29) is 17.9 Å². The Morgan fingerprint density at radius 1 is 1.07 bits per heavy atom. The van der Waals surface area contributed by atoms with Gasteiger partial charge in [0.05, 0.1) is 11.6 Å². The van der Waals surface area contributed by atoms with Crippen LogP contribution in [0.4, 0.5) is 5.69 Å². The number of halogens is 1. The zero-order chi connectivity index (χ0) is 20.2. The van der Waals surface area contributed by atoms with E-state index in [9.17, 15) is 4.79 Å². The molecular formula is C24H25ClN2O2. The number of para-hydroxylation sites is 1.